The van der Waals surface area contributed by atoms with Crippen molar-refractivity contribution in [2.24, 2.45) is 5.92 Å². The van der Waals surface area contributed by atoms with E-state index in [1.165, 1.54) is 12.1 Å². The first-order valence-electron chi connectivity index (χ1n) is 5.91. The lowest BCUT2D eigenvalue weighted by Crippen LogP contribution is -2.20. The lowest BCUT2D eigenvalue weighted by atomic mass is 9.93. The normalized spacial score (nSPS) is 20.8. The topological polar surface area (TPSA) is 12.0 Å². The van der Waals surface area contributed by atoms with Gasteiger partial charge in [0.1, 0.15) is 0 Å². The predicted molar refractivity (Wildman–Crippen MR) is 60.6 cm³/mol. The summed E-state index contributed by atoms with van der Waals surface area (Å²) in [5, 5.41) is 3.12. The van der Waals surface area contributed by atoms with Crippen molar-refractivity contribution >= 4 is 0 Å². The Morgan fingerprint density at radius 3 is 2.76 bits per heavy atom. The summed E-state index contributed by atoms with van der Waals surface area (Å²) in [5.41, 5.74) is 0.784. The Hall–Kier alpha value is -1.03. The molecule has 1 nitrogen and oxygen atoms in total. The average Bonchev–Trinajstić information content (AvgIpc) is 2.48. The van der Waals surface area contributed by atoms with Crippen molar-refractivity contribution in [2.45, 2.75) is 32.5 Å². The molecular weight excluding hydrogens is 227 g/mol. The van der Waals surface area contributed by atoms with Crippen LogP contribution >= 0.6 is 0 Å². The van der Waals surface area contributed by atoms with E-state index in [1.54, 1.807) is 0 Å². The number of nitrogens with one attached hydrogen (secondary N) is 1. The maximum absolute atomic E-state index is 12.9. The molecule has 0 saturated carbocycles. The Morgan fingerprint density at radius 1 is 1.35 bits per heavy atom. The summed E-state index contributed by atoms with van der Waals surface area (Å²) in [4.78, 5) is 0. The zero-order valence-corrected chi connectivity index (χ0v) is 9.77. The molecule has 1 aliphatic rings. The van der Waals surface area contributed by atoms with Gasteiger partial charge in [0.15, 0.2) is 0 Å². The fourth-order valence-electron chi connectivity index (χ4n) is 2.37. The highest BCUT2D eigenvalue weighted by Gasteiger charge is 2.34. The molecule has 0 radical (unpaired) electrons. The molecule has 94 valence electrons. The third-order valence-electron chi connectivity index (χ3n) is 3.40. The zero-order chi connectivity index (χ0) is 12.5. The summed E-state index contributed by atoms with van der Waals surface area (Å²) in [5.74, 6) is 0.430. The van der Waals surface area contributed by atoms with Gasteiger partial charge in [-0.3, -0.25) is 0 Å². The van der Waals surface area contributed by atoms with Crippen LogP contribution in [0.1, 0.15) is 30.0 Å². The highest BCUT2D eigenvalue weighted by atomic mass is 19.4. The predicted octanol–water partition coefficient (Wildman–Crippen LogP) is 3.38. The van der Waals surface area contributed by atoms with Gasteiger partial charge in [-0.05, 0) is 36.1 Å². The van der Waals surface area contributed by atoms with Gasteiger partial charge in [0.2, 0.25) is 0 Å². The molecule has 1 unspecified atom stereocenters. The first-order valence-corrected chi connectivity index (χ1v) is 5.91. The van der Waals surface area contributed by atoms with E-state index in [1.807, 2.05) is 6.07 Å². The van der Waals surface area contributed by atoms with Gasteiger partial charge in [-0.25, -0.2) is 0 Å². The third-order valence-corrected chi connectivity index (χ3v) is 3.40. The third kappa shape index (κ3) is 2.63. The van der Waals surface area contributed by atoms with Gasteiger partial charge in [0.25, 0.3) is 0 Å². The van der Waals surface area contributed by atoms with E-state index in [4.69, 9.17) is 0 Å². The second-order valence-electron chi connectivity index (χ2n) is 4.55. The Kier molecular flexibility index (Phi) is 3.43. The minimum absolute atomic E-state index is 0.321. The van der Waals surface area contributed by atoms with Crippen LogP contribution in [0.3, 0.4) is 0 Å². The minimum Gasteiger partial charge on any atom is -0.312 e. The Morgan fingerprint density at radius 2 is 2.12 bits per heavy atom. The highest BCUT2D eigenvalue weighted by molar-refractivity contribution is 5.38. The van der Waals surface area contributed by atoms with E-state index < -0.39 is 11.7 Å². The second kappa shape index (κ2) is 4.69. The summed E-state index contributed by atoms with van der Waals surface area (Å²) in [6.45, 7) is 3.19. The van der Waals surface area contributed by atoms with Crippen LogP contribution in [0, 0.1) is 5.92 Å². The zero-order valence-electron chi connectivity index (χ0n) is 9.77. The summed E-state index contributed by atoms with van der Waals surface area (Å²) in [6.07, 6.45) is -2.52. The number of hydrogen-bond donors (Lipinski definition) is 1. The van der Waals surface area contributed by atoms with Gasteiger partial charge >= 0.3 is 6.18 Å². The molecule has 0 amide bonds. The molecule has 0 saturated heterocycles. The van der Waals surface area contributed by atoms with Crippen molar-refractivity contribution in [3.8, 4) is 0 Å². The van der Waals surface area contributed by atoms with E-state index in [9.17, 15) is 13.2 Å². The van der Waals surface area contributed by atoms with Gasteiger partial charge in [-0.2, -0.15) is 13.2 Å². The van der Waals surface area contributed by atoms with Crippen molar-refractivity contribution < 1.29 is 13.2 Å². The Labute approximate surface area is 99.0 Å². The molecule has 1 aromatic rings. The maximum atomic E-state index is 12.9. The molecule has 1 heterocycles. The first-order chi connectivity index (χ1) is 8.02. The molecule has 0 spiro atoms. The molecule has 1 atom stereocenters. The van der Waals surface area contributed by atoms with E-state index in [0.29, 0.717) is 18.0 Å². The van der Waals surface area contributed by atoms with Crippen LogP contribution in [-0.2, 0) is 19.1 Å². The molecule has 0 aliphatic carbocycles. The quantitative estimate of drug-likeness (QED) is 0.797. The molecule has 4 heteroatoms. The van der Waals surface area contributed by atoms with E-state index in [2.05, 4.69) is 12.2 Å². The first kappa shape index (κ1) is 12.4. The molecular formula is C13H16F3N. The standard InChI is InChI=1S/C13H16F3N/c1-2-9-6-10-4-3-5-12(13(14,15)16)11(10)8-17-7-9/h3-5,9,17H,2,6-8H2,1H3. The van der Waals surface area contributed by atoms with Crippen LogP contribution in [0.2, 0.25) is 0 Å². The number of rotatable bonds is 1. The minimum atomic E-state index is -4.25. The SMILES string of the molecule is CCC1CNCc2c(cccc2C(F)(F)F)C1. The molecule has 1 N–H and O–H groups in total. The highest BCUT2D eigenvalue weighted by Crippen LogP contribution is 2.34. The lowest BCUT2D eigenvalue weighted by Gasteiger charge is -2.15. The monoisotopic (exact) mass is 243 g/mol. The average molecular weight is 243 g/mol. The van der Waals surface area contributed by atoms with Crippen molar-refractivity contribution in [2.75, 3.05) is 6.54 Å². The fourth-order valence-corrected chi connectivity index (χ4v) is 2.37. The van der Waals surface area contributed by atoms with E-state index >= 15 is 0 Å². The number of hydrogen-bond acceptors (Lipinski definition) is 1. The smallest absolute Gasteiger partial charge is 0.312 e. The molecule has 2 rings (SSSR count). The summed E-state index contributed by atoms with van der Waals surface area (Å²) in [6, 6.07) is 4.51. The Balaban J connectivity index is 2.41. The molecule has 17 heavy (non-hydrogen) atoms. The summed E-state index contributed by atoms with van der Waals surface area (Å²) < 4.78 is 38.6. The van der Waals surface area contributed by atoms with Crippen LogP contribution in [0.4, 0.5) is 13.2 Å². The molecule has 1 aliphatic heterocycles. The van der Waals surface area contributed by atoms with Crippen molar-refractivity contribution in [1.29, 1.82) is 0 Å². The molecule has 1 aromatic carbocycles. The van der Waals surface area contributed by atoms with Crippen LogP contribution in [-0.4, -0.2) is 6.54 Å². The van der Waals surface area contributed by atoms with Crippen LogP contribution in [0.25, 0.3) is 0 Å². The number of benzene rings is 1. The second-order valence-corrected chi connectivity index (χ2v) is 4.55. The van der Waals surface area contributed by atoms with Crippen LogP contribution < -0.4 is 5.32 Å². The van der Waals surface area contributed by atoms with Gasteiger partial charge in [0.05, 0.1) is 5.56 Å². The number of alkyl halides is 3. The summed E-state index contributed by atoms with van der Waals surface area (Å²) >= 11 is 0. The number of halogens is 3. The Bertz CT molecular complexity index is 398. The van der Waals surface area contributed by atoms with Gasteiger partial charge in [0, 0.05) is 6.54 Å². The largest absolute Gasteiger partial charge is 0.416 e. The van der Waals surface area contributed by atoms with Crippen molar-refractivity contribution in [3.63, 3.8) is 0 Å². The van der Waals surface area contributed by atoms with Gasteiger partial charge in [-0.1, -0.05) is 25.5 Å². The number of fused-ring (bicyclic) bond motifs is 1. The molecule has 0 fully saturated rings. The summed E-state index contributed by atoms with van der Waals surface area (Å²) in [7, 11) is 0. The van der Waals surface area contributed by atoms with Gasteiger partial charge < -0.3 is 5.32 Å². The fraction of sp³-hybridized carbons (Fsp3) is 0.538. The van der Waals surface area contributed by atoms with Crippen LogP contribution in [0.5, 0.6) is 0 Å². The van der Waals surface area contributed by atoms with E-state index in [-0.39, 0.29) is 0 Å². The van der Waals surface area contributed by atoms with Crippen LogP contribution in [0.15, 0.2) is 18.2 Å². The van der Waals surface area contributed by atoms with Crippen molar-refractivity contribution in [1.82, 2.24) is 5.32 Å². The van der Waals surface area contributed by atoms with Crippen molar-refractivity contribution in [3.05, 3.63) is 34.9 Å². The van der Waals surface area contributed by atoms with Gasteiger partial charge in [-0.15, -0.1) is 0 Å². The maximum Gasteiger partial charge on any atom is 0.416 e. The van der Waals surface area contributed by atoms with E-state index in [0.717, 1.165) is 24.9 Å². The lowest BCUT2D eigenvalue weighted by molar-refractivity contribution is -0.138. The molecule has 0 bridgehead atoms. The molecule has 0 aromatic heterocycles.